The summed E-state index contributed by atoms with van der Waals surface area (Å²) >= 11 is 1.51. The lowest BCUT2D eigenvalue weighted by Crippen LogP contribution is -2.48. The summed E-state index contributed by atoms with van der Waals surface area (Å²) in [7, 11) is 0. The standard InChI is InChI=1S/C19H26N8S/c1-4-5-15-20-11(2)8-16-22-18(24-27(15)16)23-17-13-6-7-14(17)10-26(9-13)19-21-12(3)25-28-19/h8,13-14,17H,4-7,9-10H2,1-3H3,(H,23,24)/t13-,14+,17?. The average molecular weight is 399 g/mol. The summed E-state index contributed by atoms with van der Waals surface area (Å²) in [6, 6.07) is 2.43. The van der Waals surface area contributed by atoms with E-state index in [1.165, 1.54) is 24.4 Å². The van der Waals surface area contributed by atoms with Crippen molar-refractivity contribution in [2.45, 2.75) is 52.5 Å². The summed E-state index contributed by atoms with van der Waals surface area (Å²) in [5.41, 5.74) is 1.88. The summed E-state index contributed by atoms with van der Waals surface area (Å²) in [5, 5.41) is 9.47. The number of anilines is 2. The lowest BCUT2D eigenvalue weighted by Gasteiger charge is -2.37. The molecule has 1 saturated heterocycles. The first-order valence-corrected chi connectivity index (χ1v) is 10.9. The largest absolute Gasteiger partial charge is 0.349 e. The van der Waals surface area contributed by atoms with Gasteiger partial charge < -0.3 is 10.2 Å². The first kappa shape index (κ1) is 17.8. The van der Waals surface area contributed by atoms with E-state index in [1.54, 1.807) is 0 Å². The number of rotatable bonds is 5. The molecule has 2 aliphatic rings. The van der Waals surface area contributed by atoms with Gasteiger partial charge in [-0.05, 0) is 44.9 Å². The highest BCUT2D eigenvalue weighted by molar-refractivity contribution is 7.09. The molecule has 3 aromatic rings. The molecule has 1 saturated carbocycles. The zero-order chi connectivity index (χ0) is 19.3. The molecule has 3 atom stereocenters. The van der Waals surface area contributed by atoms with Crippen LogP contribution in [0.15, 0.2) is 6.07 Å². The van der Waals surface area contributed by atoms with Crippen LogP contribution >= 0.6 is 11.5 Å². The third-order valence-electron chi connectivity index (χ3n) is 5.91. The Morgan fingerprint density at radius 3 is 2.61 bits per heavy atom. The van der Waals surface area contributed by atoms with Gasteiger partial charge in [0.05, 0.1) is 0 Å². The van der Waals surface area contributed by atoms with Crippen LogP contribution in [0.4, 0.5) is 11.1 Å². The molecule has 9 heteroatoms. The Balaban J connectivity index is 1.36. The van der Waals surface area contributed by atoms with Gasteiger partial charge in [0.2, 0.25) is 11.1 Å². The minimum atomic E-state index is 0.423. The van der Waals surface area contributed by atoms with Crippen LogP contribution in [0.1, 0.15) is 43.5 Å². The number of aromatic nitrogens is 6. The molecule has 1 aliphatic heterocycles. The van der Waals surface area contributed by atoms with Crippen LogP contribution in [0, 0.1) is 25.7 Å². The number of fused-ring (bicyclic) bond motifs is 3. The summed E-state index contributed by atoms with van der Waals surface area (Å²) in [6.07, 6.45) is 4.44. The van der Waals surface area contributed by atoms with E-state index < -0.39 is 0 Å². The molecule has 8 nitrogen and oxygen atoms in total. The molecule has 1 aliphatic carbocycles. The topological polar surface area (TPSA) is 84.1 Å². The van der Waals surface area contributed by atoms with E-state index in [0.717, 1.165) is 60.0 Å². The van der Waals surface area contributed by atoms with Gasteiger partial charge in [-0.2, -0.15) is 13.9 Å². The summed E-state index contributed by atoms with van der Waals surface area (Å²) in [6.45, 7) is 8.19. The second kappa shape index (κ2) is 6.95. The molecule has 1 unspecified atom stereocenters. The van der Waals surface area contributed by atoms with E-state index in [4.69, 9.17) is 10.1 Å². The first-order valence-electron chi connectivity index (χ1n) is 10.2. The molecular formula is C19H26N8S. The zero-order valence-electron chi connectivity index (χ0n) is 16.6. The summed E-state index contributed by atoms with van der Waals surface area (Å²) < 4.78 is 6.25. The Hall–Kier alpha value is -2.29. The van der Waals surface area contributed by atoms with Crippen molar-refractivity contribution in [2.75, 3.05) is 23.3 Å². The molecule has 0 amide bonds. The molecule has 28 heavy (non-hydrogen) atoms. The number of nitrogens with zero attached hydrogens (tertiary/aromatic N) is 7. The van der Waals surface area contributed by atoms with E-state index >= 15 is 0 Å². The smallest absolute Gasteiger partial charge is 0.243 e. The summed E-state index contributed by atoms with van der Waals surface area (Å²) in [5.74, 6) is 3.76. The van der Waals surface area contributed by atoms with Gasteiger partial charge in [-0.15, -0.1) is 5.10 Å². The van der Waals surface area contributed by atoms with Crippen LogP contribution in [0.3, 0.4) is 0 Å². The third kappa shape index (κ3) is 3.11. The number of piperidine rings is 1. The Morgan fingerprint density at radius 1 is 1.14 bits per heavy atom. The van der Waals surface area contributed by atoms with Crippen LogP contribution in [0.2, 0.25) is 0 Å². The number of aryl methyl sites for hydroxylation is 3. The number of nitrogens with one attached hydrogen (secondary N) is 1. The molecule has 5 rings (SSSR count). The van der Waals surface area contributed by atoms with Crippen molar-refractivity contribution in [1.82, 2.24) is 28.9 Å². The molecule has 148 valence electrons. The minimum absolute atomic E-state index is 0.423. The molecule has 1 N–H and O–H groups in total. The molecule has 2 bridgehead atoms. The lowest BCUT2D eigenvalue weighted by molar-refractivity contribution is 0.376. The van der Waals surface area contributed by atoms with Crippen LogP contribution in [-0.4, -0.2) is 48.1 Å². The minimum Gasteiger partial charge on any atom is -0.349 e. The molecule has 0 aromatic carbocycles. The number of hydrogen-bond acceptors (Lipinski definition) is 8. The van der Waals surface area contributed by atoms with Gasteiger partial charge in [0.25, 0.3) is 0 Å². The highest BCUT2D eigenvalue weighted by atomic mass is 32.1. The average Bonchev–Trinajstić information content (AvgIpc) is 3.32. The van der Waals surface area contributed by atoms with Crippen molar-refractivity contribution in [3.63, 3.8) is 0 Å². The third-order valence-corrected chi connectivity index (χ3v) is 6.78. The highest BCUT2D eigenvalue weighted by Gasteiger charge is 2.43. The monoisotopic (exact) mass is 398 g/mol. The highest BCUT2D eigenvalue weighted by Crippen LogP contribution is 2.40. The van der Waals surface area contributed by atoms with Crippen LogP contribution < -0.4 is 10.2 Å². The second-order valence-corrected chi connectivity index (χ2v) is 8.80. The maximum Gasteiger partial charge on any atom is 0.243 e. The number of hydrogen-bond donors (Lipinski definition) is 1. The molecule has 0 spiro atoms. The van der Waals surface area contributed by atoms with Crippen molar-refractivity contribution >= 4 is 28.3 Å². The van der Waals surface area contributed by atoms with Gasteiger partial charge >= 0.3 is 0 Å². The first-order chi connectivity index (χ1) is 13.6. The van der Waals surface area contributed by atoms with E-state index in [2.05, 4.69) is 31.5 Å². The fourth-order valence-corrected chi connectivity index (χ4v) is 5.39. The maximum absolute atomic E-state index is 4.75. The van der Waals surface area contributed by atoms with Crippen LogP contribution in [0.25, 0.3) is 5.65 Å². The fourth-order valence-electron chi connectivity index (χ4n) is 4.70. The molecule has 4 heterocycles. The van der Waals surface area contributed by atoms with Gasteiger partial charge in [-0.3, -0.25) is 0 Å². The molecular weight excluding hydrogens is 372 g/mol. The lowest BCUT2D eigenvalue weighted by atomic mass is 9.92. The van der Waals surface area contributed by atoms with Crippen molar-refractivity contribution in [1.29, 1.82) is 0 Å². The van der Waals surface area contributed by atoms with Crippen LogP contribution in [0.5, 0.6) is 0 Å². The van der Waals surface area contributed by atoms with Gasteiger partial charge in [0, 0.05) is 48.8 Å². The van der Waals surface area contributed by atoms with E-state index in [9.17, 15) is 0 Å². The molecule has 2 fully saturated rings. The van der Waals surface area contributed by atoms with E-state index in [-0.39, 0.29) is 0 Å². The van der Waals surface area contributed by atoms with Gasteiger partial charge in [-0.25, -0.2) is 9.97 Å². The molecule has 3 aromatic heterocycles. The van der Waals surface area contributed by atoms with Crippen molar-refractivity contribution in [3.05, 3.63) is 23.4 Å². The van der Waals surface area contributed by atoms with Crippen molar-refractivity contribution in [2.24, 2.45) is 11.8 Å². The van der Waals surface area contributed by atoms with Crippen molar-refractivity contribution in [3.8, 4) is 0 Å². The van der Waals surface area contributed by atoms with Gasteiger partial charge in [-0.1, -0.05) is 6.92 Å². The van der Waals surface area contributed by atoms with E-state index in [0.29, 0.717) is 17.9 Å². The van der Waals surface area contributed by atoms with E-state index in [1.807, 2.05) is 24.4 Å². The maximum atomic E-state index is 4.75. The Morgan fingerprint density at radius 2 is 1.93 bits per heavy atom. The summed E-state index contributed by atoms with van der Waals surface area (Å²) in [4.78, 5) is 16.4. The van der Waals surface area contributed by atoms with Gasteiger partial charge in [0.15, 0.2) is 5.65 Å². The van der Waals surface area contributed by atoms with Gasteiger partial charge in [0.1, 0.15) is 11.6 Å². The second-order valence-electron chi connectivity index (χ2n) is 8.07. The Bertz CT molecular complexity index is 981. The Kier molecular flexibility index (Phi) is 4.41. The zero-order valence-corrected chi connectivity index (χ0v) is 17.4. The SMILES string of the molecule is CCCc1nc(C)cc2nc(NC3[C@@H]4CC[C@H]3CN(c3nc(C)ns3)C4)nn12. The fraction of sp³-hybridized carbons (Fsp3) is 0.632. The van der Waals surface area contributed by atoms with Crippen LogP contribution in [-0.2, 0) is 6.42 Å². The normalized spacial score (nSPS) is 24.2. The molecule has 0 radical (unpaired) electrons. The van der Waals surface area contributed by atoms with Crippen molar-refractivity contribution < 1.29 is 0 Å². The predicted molar refractivity (Wildman–Crippen MR) is 110 cm³/mol. The quantitative estimate of drug-likeness (QED) is 0.707. The Labute approximate surface area is 168 Å². The predicted octanol–water partition coefficient (Wildman–Crippen LogP) is 2.87.